The summed E-state index contributed by atoms with van der Waals surface area (Å²) in [6, 6.07) is 6.60. The molecule has 1 aromatic rings. The molecule has 3 atom stereocenters. The summed E-state index contributed by atoms with van der Waals surface area (Å²) in [5.74, 6) is 0.571. The molecule has 0 aromatic heterocycles. The molecular weight excluding hydrogens is 219 g/mol. The lowest BCUT2D eigenvalue weighted by Gasteiger charge is -2.11. The van der Waals surface area contributed by atoms with E-state index in [0.717, 1.165) is 18.4 Å². The van der Waals surface area contributed by atoms with Gasteiger partial charge in [0.1, 0.15) is 5.82 Å². The van der Waals surface area contributed by atoms with E-state index in [1.807, 2.05) is 12.1 Å². The molecule has 17 heavy (non-hydrogen) atoms. The maximum Gasteiger partial charge on any atom is 0.308 e. The number of hydrogen-bond donors (Lipinski definition) is 0. The highest BCUT2D eigenvalue weighted by molar-refractivity contribution is 5.75. The van der Waals surface area contributed by atoms with E-state index in [1.165, 1.54) is 19.2 Å². The number of carbonyl (C=O) groups excluding carboxylic acids is 1. The zero-order valence-corrected chi connectivity index (χ0v) is 10.2. The Bertz CT molecular complexity index is 399. The van der Waals surface area contributed by atoms with Crippen LogP contribution in [0.3, 0.4) is 0 Å². The van der Waals surface area contributed by atoms with Crippen LogP contribution in [0.4, 0.5) is 4.39 Å². The second-order valence-electron chi connectivity index (χ2n) is 4.81. The van der Waals surface area contributed by atoms with Gasteiger partial charge in [-0.05, 0) is 42.4 Å². The number of hydrogen-bond acceptors (Lipinski definition) is 2. The molecule has 1 aromatic carbocycles. The van der Waals surface area contributed by atoms with E-state index in [1.54, 1.807) is 0 Å². The van der Waals surface area contributed by atoms with E-state index in [4.69, 9.17) is 4.74 Å². The molecule has 1 aliphatic carbocycles. The topological polar surface area (TPSA) is 26.3 Å². The average Bonchev–Trinajstić information content (AvgIpc) is 3.08. The van der Waals surface area contributed by atoms with Crippen LogP contribution in [0, 0.1) is 17.7 Å². The van der Waals surface area contributed by atoms with Crippen molar-refractivity contribution >= 4 is 5.97 Å². The first-order valence-electron chi connectivity index (χ1n) is 5.95. The van der Waals surface area contributed by atoms with Gasteiger partial charge < -0.3 is 4.74 Å². The Morgan fingerprint density at radius 2 is 2.12 bits per heavy atom. The zero-order chi connectivity index (χ0) is 12.4. The Labute approximate surface area is 101 Å². The number of carbonyl (C=O) groups is 1. The van der Waals surface area contributed by atoms with Crippen molar-refractivity contribution in [3.05, 3.63) is 35.6 Å². The Kier molecular flexibility index (Phi) is 3.46. The fourth-order valence-electron chi connectivity index (χ4n) is 2.33. The van der Waals surface area contributed by atoms with Crippen LogP contribution in [0.1, 0.15) is 31.2 Å². The molecule has 0 heterocycles. The fourth-order valence-corrected chi connectivity index (χ4v) is 2.33. The third-order valence-corrected chi connectivity index (χ3v) is 3.52. The van der Waals surface area contributed by atoms with E-state index in [0.29, 0.717) is 11.8 Å². The summed E-state index contributed by atoms with van der Waals surface area (Å²) >= 11 is 0. The van der Waals surface area contributed by atoms with Crippen LogP contribution in [0.2, 0.25) is 0 Å². The van der Waals surface area contributed by atoms with Crippen molar-refractivity contribution in [1.29, 1.82) is 0 Å². The minimum atomic E-state index is -0.209. The van der Waals surface area contributed by atoms with Crippen molar-refractivity contribution in [2.24, 2.45) is 11.8 Å². The summed E-state index contributed by atoms with van der Waals surface area (Å²) in [6.45, 7) is 2.11. The van der Waals surface area contributed by atoms with Crippen LogP contribution in [0.25, 0.3) is 0 Å². The molecule has 3 unspecified atom stereocenters. The molecule has 1 fully saturated rings. The number of ether oxygens (including phenoxy) is 1. The van der Waals surface area contributed by atoms with Gasteiger partial charge in [-0.15, -0.1) is 0 Å². The van der Waals surface area contributed by atoms with Gasteiger partial charge in [-0.3, -0.25) is 4.79 Å². The van der Waals surface area contributed by atoms with Gasteiger partial charge in [-0.2, -0.15) is 0 Å². The number of benzene rings is 1. The molecule has 0 aliphatic heterocycles. The normalized spacial score (nSPS) is 24.2. The zero-order valence-electron chi connectivity index (χ0n) is 10.2. The van der Waals surface area contributed by atoms with Crippen LogP contribution in [-0.4, -0.2) is 13.1 Å². The SMILES string of the molecule is COC(=O)C1CC1CC(C)c1ccc(F)cc1. The lowest BCUT2D eigenvalue weighted by atomic mass is 9.95. The second kappa shape index (κ2) is 4.86. The summed E-state index contributed by atoms with van der Waals surface area (Å²) in [4.78, 5) is 11.3. The Balaban J connectivity index is 1.88. The molecule has 92 valence electrons. The predicted octanol–water partition coefficient (Wildman–Crippen LogP) is 3.13. The van der Waals surface area contributed by atoms with Crippen LogP contribution >= 0.6 is 0 Å². The summed E-state index contributed by atoms with van der Waals surface area (Å²) < 4.78 is 17.5. The van der Waals surface area contributed by atoms with Crippen molar-refractivity contribution in [3.8, 4) is 0 Å². The van der Waals surface area contributed by atoms with Gasteiger partial charge in [0.05, 0.1) is 13.0 Å². The standard InChI is InChI=1S/C14H17FO2/c1-9(10-3-5-12(15)6-4-10)7-11-8-13(11)14(16)17-2/h3-6,9,11,13H,7-8H2,1-2H3. The van der Waals surface area contributed by atoms with Gasteiger partial charge >= 0.3 is 5.97 Å². The van der Waals surface area contributed by atoms with Crippen LogP contribution in [0.15, 0.2) is 24.3 Å². The molecule has 0 saturated heterocycles. The minimum absolute atomic E-state index is 0.0860. The number of rotatable bonds is 4. The first-order valence-corrected chi connectivity index (χ1v) is 5.95. The first-order chi connectivity index (χ1) is 8.11. The summed E-state index contributed by atoms with van der Waals surface area (Å²) in [5, 5.41) is 0. The molecule has 0 amide bonds. The van der Waals surface area contributed by atoms with Gasteiger partial charge in [0.15, 0.2) is 0 Å². The summed E-state index contributed by atoms with van der Waals surface area (Å²) in [6.07, 6.45) is 1.89. The molecule has 1 aliphatic rings. The molecule has 2 nitrogen and oxygen atoms in total. The van der Waals surface area contributed by atoms with E-state index in [-0.39, 0.29) is 17.7 Å². The van der Waals surface area contributed by atoms with Gasteiger partial charge in [0, 0.05) is 0 Å². The van der Waals surface area contributed by atoms with E-state index < -0.39 is 0 Å². The maximum absolute atomic E-state index is 12.8. The third kappa shape index (κ3) is 2.84. The highest BCUT2D eigenvalue weighted by Crippen LogP contribution is 2.45. The number of methoxy groups -OCH3 is 1. The highest BCUT2D eigenvalue weighted by atomic mass is 19.1. The first kappa shape index (κ1) is 12.1. The van der Waals surface area contributed by atoms with Crippen molar-refractivity contribution in [3.63, 3.8) is 0 Å². The van der Waals surface area contributed by atoms with Gasteiger partial charge in [-0.1, -0.05) is 19.1 Å². The van der Waals surface area contributed by atoms with Crippen molar-refractivity contribution < 1.29 is 13.9 Å². The smallest absolute Gasteiger partial charge is 0.308 e. The molecule has 1 saturated carbocycles. The summed E-state index contributed by atoms with van der Waals surface area (Å²) in [5.41, 5.74) is 1.13. The monoisotopic (exact) mass is 236 g/mol. The average molecular weight is 236 g/mol. The maximum atomic E-state index is 12.8. The Morgan fingerprint density at radius 1 is 1.47 bits per heavy atom. The van der Waals surface area contributed by atoms with Crippen molar-refractivity contribution in [1.82, 2.24) is 0 Å². The molecular formula is C14H17FO2. The molecule has 2 rings (SSSR count). The highest BCUT2D eigenvalue weighted by Gasteiger charge is 2.44. The minimum Gasteiger partial charge on any atom is -0.469 e. The molecule has 0 spiro atoms. The molecule has 0 bridgehead atoms. The van der Waals surface area contributed by atoms with E-state index in [9.17, 15) is 9.18 Å². The van der Waals surface area contributed by atoms with Crippen molar-refractivity contribution in [2.45, 2.75) is 25.7 Å². The third-order valence-electron chi connectivity index (χ3n) is 3.52. The lowest BCUT2D eigenvalue weighted by molar-refractivity contribution is -0.142. The fraction of sp³-hybridized carbons (Fsp3) is 0.500. The van der Waals surface area contributed by atoms with E-state index in [2.05, 4.69) is 6.92 Å². The largest absolute Gasteiger partial charge is 0.469 e. The lowest BCUT2D eigenvalue weighted by Crippen LogP contribution is -2.05. The predicted molar refractivity (Wildman–Crippen MR) is 63.0 cm³/mol. The number of esters is 1. The number of halogens is 1. The van der Waals surface area contributed by atoms with Gasteiger partial charge in [0.25, 0.3) is 0 Å². The van der Waals surface area contributed by atoms with Crippen LogP contribution in [-0.2, 0) is 9.53 Å². The molecule has 0 radical (unpaired) electrons. The molecule has 0 N–H and O–H groups in total. The van der Waals surface area contributed by atoms with Crippen molar-refractivity contribution in [2.75, 3.05) is 7.11 Å². The Hall–Kier alpha value is -1.38. The van der Waals surface area contributed by atoms with Crippen LogP contribution < -0.4 is 0 Å². The quantitative estimate of drug-likeness (QED) is 0.751. The van der Waals surface area contributed by atoms with Crippen LogP contribution in [0.5, 0.6) is 0 Å². The van der Waals surface area contributed by atoms with E-state index >= 15 is 0 Å². The molecule has 3 heteroatoms. The van der Waals surface area contributed by atoms with Gasteiger partial charge in [-0.25, -0.2) is 4.39 Å². The Morgan fingerprint density at radius 3 is 2.71 bits per heavy atom. The second-order valence-corrected chi connectivity index (χ2v) is 4.81. The van der Waals surface area contributed by atoms with Gasteiger partial charge in [0.2, 0.25) is 0 Å². The summed E-state index contributed by atoms with van der Waals surface area (Å²) in [7, 11) is 1.43.